The summed E-state index contributed by atoms with van der Waals surface area (Å²) in [5.74, 6) is 0.357. The van der Waals surface area contributed by atoms with Gasteiger partial charge in [-0.3, -0.25) is 9.36 Å². The van der Waals surface area contributed by atoms with Crippen molar-refractivity contribution >= 4 is 22.3 Å². The fourth-order valence-electron chi connectivity index (χ4n) is 3.63. The van der Waals surface area contributed by atoms with E-state index in [-0.39, 0.29) is 16.9 Å². The van der Waals surface area contributed by atoms with Gasteiger partial charge in [0.05, 0.1) is 23.4 Å². The molecule has 0 aliphatic heterocycles. The number of fused-ring (bicyclic) bond motifs is 1. The van der Waals surface area contributed by atoms with Crippen LogP contribution in [-0.2, 0) is 0 Å². The van der Waals surface area contributed by atoms with Crippen molar-refractivity contribution in [2.24, 2.45) is 0 Å². The molecule has 0 atom stereocenters. The lowest BCUT2D eigenvalue weighted by Gasteiger charge is -2.16. The SMILES string of the molecule is CCOc1ccc2cn(C3=C/C(=C/NC)C(=N)C=C3)c(=O)c(-c3ccc(OC(F)F)cc3)c2n1. The van der Waals surface area contributed by atoms with E-state index in [2.05, 4.69) is 15.0 Å². The first kappa shape index (κ1) is 22.9. The zero-order valence-corrected chi connectivity index (χ0v) is 18.5. The summed E-state index contributed by atoms with van der Waals surface area (Å²) < 4.78 is 36.6. The number of benzene rings is 1. The van der Waals surface area contributed by atoms with Crippen molar-refractivity contribution in [3.05, 3.63) is 82.9 Å². The smallest absolute Gasteiger partial charge is 0.387 e. The maximum absolute atomic E-state index is 13.7. The Bertz CT molecular complexity index is 1390. The number of aromatic nitrogens is 2. The van der Waals surface area contributed by atoms with E-state index in [1.54, 1.807) is 61.9 Å². The summed E-state index contributed by atoms with van der Waals surface area (Å²) in [7, 11) is 1.73. The molecule has 1 aromatic carbocycles. The number of alkyl halides is 2. The molecule has 0 amide bonds. The van der Waals surface area contributed by atoms with Gasteiger partial charge in [-0.1, -0.05) is 12.1 Å². The van der Waals surface area contributed by atoms with Crippen LogP contribution in [0.25, 0.3) is 27.7 Å². The first-order valence-electron chi connectivity index (χ1n) is 10.5. The van der Waals surface area contributed by atoms with Crippen molar-refractivity contribution in [1.82, 2.24) is 14.9 Å². The third-order valence-electron chi connectivity index (χ3n) is 5.11. The van der Waals surface area contributed by atoms with Crippen LogP contribution in [0.1, 0.15) is 6.92 Å². The molecule has 34 heavy (non-hydrogen) atoms. The number of hydrogen-bond acceptors (Lipinski definition) is 6. The van der Waals surface area contributed by atoms with Crippen LogP contribution in [0, 0.1) is 5.41 Å². The molecule has 174 valence electrons. The van der Waals surface area contributed by atoms with Gasteiger partial charge in [-0.2, -0.15) is 8.78 Å². The van der Waals surface area contributed by atoms with E-state index in [0.717, 1.165) is 0 Å². The molecule has 0 unspecified atom stereocenters. The highest BCUT2D eigenvalue weighted by molar-refractivity contribution is 6.12. The van der Waals surface area contributed by atoms with Gasteiger partial charge in [0, 0.05) is 42.2 Å². The van der Waals surface area contributed by atoms with Gasteiger partial charge in [0.1, 0.15) is 5.75 Å². The van der Waals surface area contributed by atoms with Crippen molar-refractivity contribution < 1.29 is 18.3 Å². The molecule has 0 radical (unpaired) electrons. The molecule has 7 nitrogen and oxygen atoms in total. The van der Waals surface area contributed by atoms with Crippen molar-refractivity contribution in [2.75, 3.05) is 13.7 Å². The topological polar surface area (TPSA) is 89.2 Å². The quantitative estimate of drug-likeness (QED) is 0.534. The number of hydrogen-bond donors (Lipinski definition) is 2. The average Bonchev–Trinajstić information content (AvgIpc) is 2.81. The monoisotopic (exact) mass is 464 g/mol. The lowest BCUT2D eigenvalue weighted by molar-refractivity contribution is -0.0498. The first-order chi connectivity index (χ1) is 16.4. The predicted octanol–water partition coefficient (Wildman–Crippen LogP) is 4.60. The molecule has 0 bridgehead atoms. The summed E-state index contributed by atoms with van der Waals surface area (Å²) in [6.07, 6.45) is 8.39. The molecule has 2 heterocycles. The Kier molecular flexibility index (Phi) is 6.53. The fraction of sp³-hybridized carbons (Fsp3) is 0.160. The largest absolute Gasteiger partial charge is 0.478 e. The van der Waals surface area contributed by atoms with Gasteiger partial charge in [0.25, 0.3) is 5.56 Å². The van der Waals surface area contributed by atoms with Crippen LogP contribution in [0.15, 0.2) is 77.4 Å². The second-order valence-electron chi connectivity index (χ2n) is 7.31. The normalized spacial score (nSPS) is 14.6. The summed E-state index contributed by atoms with van der Waals surface area (Å²) in [5.41, 5.74) is 2.34. The molecule has 1 aliphatic carbocycles. The molecule has 1 aliphatic rings. The third kappa shape index (κ3) is 4.59. The Labute approximate surface area is 194 Å². The van der Waals surface area contributed by atoms with Crippen molar-refractivity contribution in [2.45, 2.75) is 13.5 Å². The molecule has 0 fully saturated rings. The van der Waals surface area contributed by atoms with Gasteiger partial charge < -0.3 is 20.2 Å². The molecule has 4 rings (SSSR count). The van der Waals surface area contributed by atoms with E-state index >= 15 is 0 Å². The Balaban J connectivity index is 1.94. The van der Waals surface area contributed by atoms with Crippen LogP contribution in [0.2, 0.25) is 0 Å². The maximum atomic E-state index is 13.7. The minimum atomic E-state index is -2.94. The molecule has 2 N–H and O–H groups in total. The second-order valence-corrected chi connectivity index (χ2v) is 7.31. The molecule has 3 aromatic rings. The van der Waals surface area contributed by atoms with E-state index in [1.165, 1.54) is 16.7 Å². The molecule has 0 saturated carbocycles. The highest BCUT2D eigenvalue weighted by atomic mass is 19.3. The van der Waals surface area contributed by atoms with Crippen molar-refractivity contribution in [3.63, 3.8) is 0 Å². The number of nitrogens with zero attached hydrogens (tertiary/aromatic N) is 2. The second kappa shape index (κ2) is 9.70. The van der Waals surface area contributed by atoms with E-state index in [4.69, 9.17) is 10.1 Å². The number of rotatable bonds is 7. The Morgan fingerprint density at radius 1 is 1.18 bits per heavy atom. The van der Waals surface area contributed by atoms with E-state index < -0.39 is 6.61 Å². The fourth-order valence-corrected chi connectivity index (χ4v) is 3.63. The molecule has 0 saturated heterocycles. The number of halogens is 2. The maximum Gasteiger partial charge on any atom is 0.387 e. The number of allylic oxidation sites excluding steroid dienone is 5. The zero-order valence-electron chi connectivity index (χ0n) is 18.5. The van der Waals surface area contributed by atoms with Gasteiger partial charge in [-0.05, 0) is 48.9 Å². The lowest BCUT2D eigenvalue weighted by atomic mass is 10.0. The summed E-state index contributed by atoms with van der Waals surface area (Å²) in [6.45, 7) is -0.698. The van der Waals surface area contributed by atoms with Gasteiger partial charge in [0.15, 0.2) is 0 Å². The molecular formula is C25H22F2N4O3. The van der Waals surface area contributed by atoms with Crippen LogP contribution in [0.3, 0.4) is 0 Å². The summed E-state index contributed by atoms with van der Waals surface area (Å²) in [6, 6.07) is 9.37. The summed E-state index contributed by atoms with van der Waals surface area (Å²) >= 11 is 0. The van der Waals surface area contributed by atoms with Crippen LogP contribution in [-0.4, -0.2) is 35.5 Å². The minimum absolute atomic E-state index is 0.0134. The Morgan fingerprint density at radius 2 is 1.94 bits per heavy atom. The van der Waals surface area contributed by atoms with Gasteiger partial charge >= 0.3 is 6.61 Å². The van der Waals surface area contributed by atoms with Gasteiger partial charge in [0.2, 0.25) is 5.88 Å². The van der Waals surface area contributed by atoms with Crippen LogP contribution >= 0.6 is 0 Å². The lowest BCUT2D eigenvalue weighted by Crippen LogP contribution is -2.22. The minimum Gasteiger partial charge on any atom is -0.478 e. The highest BCUT2D eigenvalue weighted by Crippen LogP contribution is 2.29. The van der Waals surface area contributed by atoms with Crippen LogP contribution in [0.5, 0.6) is 11.6 Å². The molecular weight excluding hydrogens is 442 g/mol. The van der Waals surface area contributed by atoms with E-state index in [9.17, 15) is 13.6 Å². The number of pyridine rings is 2. The van der Waals surface area contributed by atoms with Gasteiger partial charge in [-0.15, -0.1) is 0 Å². The molecule has 0 spiro atoms. The van der Waals surface area contributed by atoms with Crippen LogP contribution < -0.4 is 20.3 Å². The van der Waals surface area contributed by atoms with Crippen LogP contribution in [0.4, 0.5) is 8.78 Å². The highest BCUT2D eigenvalue weighted by Gasteiger charge is 2.18. The molecule has 2 aromatic heterocycles. The standard InChI is InChI=1S/C25H22F2N4O3/c1-3-33-21-11-6-16-14-31(18-7-10-20(28)17(12-18)13-29-2)24(32)22(23(16)30-21)15-4-8-19(9-5-15)34-25(26)27/h4-14,25,28-29H,3H2,1-2H3/b17-13-,28-20?. The van der Waals surface area contributed by atoms with E-state index in [1.807, 2.05) is 6.92 Å². The van der Waals surface area contributed by atoms with E-state index in [0.29, 0.717) is 45.9 Å². The zero-order chi connectivity index (χ0) is 24.2. The Hall–Kier alpha value is -4.27. The van der Waals surface area contributed by atoms with Gasteiger partial charge in [-0.25, -0.2) is 4.98 Å². The molecule has 9 heteroatoms. The predicted molar refractivity (Wildman–Crippen MR) is 128 cm³/mol. The summed E-state index contributed by atoms with van der Waals surface area (Å²) in [4.78, 5) is 18.3. The van der Waals surface area contributed by atoms with Crippen molar-refractivity contribution in [1.29, 1.82) is 5.41 Å². The number of nitrogens with one attached hydrogen (secondary N) is 2. The number of ether oxygens (including phenoxy) is 2. The Morgan fingerprint density at radius 3 is 2.62 bits per heavy atom. The third-order valence-corrected chi connectivity index (χ3v) is 5.11. The average molecular weight is 464 g/mol. The first-order valence-corrected chi connectivity index (χ1v) is 10.5. The summed E-state index contributed by atoms with van der Waals surface area (Å²) in [5, 5.41) is 11.7. The van der Waals surface area contributed by atoms with Crippen molar-refractivity contribution in [3.8, 4) is 22.8 Å².